The number of allylic oxidation sites excluding steroid dienone is 1. The SMILES string of the molecule is C=CC(=O)c1cccc(-c2ccc(C=C3C(=O)NC(=S)NC3=O)o2)c1. The fourth-order valence-electron chi connectivity index (χ4n) is 2.28. The molecule has 2 aromatic rings. The van der Waals surface area contributed by atoms with Crippen LogP contribution in [-0.2, 0) is 9.59 Å². The van der Waals surface area contributed by atoms with Gasteiger partial charge in [0.05, 0.1) is 0 Å². The highest BCUT2D eigenvalue weighted by molar-refractivity contribution is 7.80. The van der Waals surface area contributed by atoms with Crippen LogP contribution in [0.4, 0.5) is 0 Å². The Morgan fingerprint density at radius 2 is 1.84 bits per heavy atom. The van der Waals surface area contributed by atoms with E-state index in [2.05, 4.69) is 17.2 Å². The molecule has 1 saturated heterocycles. The highest BCUT2D eigenvalue weighted by Gasteiger charge is 2.26. The van der Waals surface area contributed by atoms with Crippen LogP contribution in [0.1, 0.15) is 16.1 Å². The zero-order chi connectivity index (χ0) is 18.0. The van der Waals surface area contributed by atoms with Gasteiger partial charge in [0.1, 0.15) is 17.1 Å². The van der Waals surface area contributed by atoms with E-state index in [0.717, 1.165) is 0 Å². The molecule has 0 atom stereocenters. The molecule has 0 aliphatic carbocycles. The monoisotopic (exact) mass is 352 g/mol. The van der Waals surface area contributed by atoms with Gasteiger partial charge in [-0.05, 0) is 42.6 Å². The number of nitrogens with one attached hydrogen (secondary N) is 2. The van der Waals surface area contributed by atoms with Gasteiger partial charge in [-0.1, -0.05) is 24.8 Å². The van der Waals surface area contributed by atoms with E-state index in [4.69, 9.17) is 16.6 Å². The van der Waals surface area contributed by atoms with E-state index in [-0.39, 0.29) is 16.5 Å². The standard InChI is InChI=1S/C18H12N2O4S/c1-2-14(21)10-4-3-5-11(8-10)15-7-6-12(24-15)9-13-16(22)19-18(25)20-17(13)23/h2-9H,1H2,(H2,19,20,22,23,25). The first-order chi connectivity index (χ1) is 12.0. The Bertz CT molecular complexity index is 933. The van der Waals surface area contributed by atoms with Crippen molar-refractivity contribution in [2.75, 3.05) is 0 Å². The van der Waals surface area contributed by atoms with Crippen LogP contribution in [0.3, 0.4) is 0 Å². The number of furan rings is 1. The molecule has 1 aliphatic heterocycles. The number of amides is 2. The summed E-state index contributed by atoms with van der Waals surface area (Å²) in [5.74, 6) is -0.556. The third-order valence-corrected chi connectivity index (χ3v) is 3.68. The number of hydrogen-bond acceptors (Lipinski definition) is 5. The van der Waals surface area contributed by atoms with Gasteiger partial charge in [0.25, 0.3) is 11.8 Å². The minimum absolute atomic E-state index is 0.0315. The first-order valence-electron chi connectivity index (χ1n) is 7.23. The minimum Gasteiger partial charge on any atom is -0.457 e. The summed E-state index contributed by atoms with van der Waals surface area (Å²) in [6, 6.07) is 10.2. The zero-order valence-corrected chi connectivity index (χ0v) is 13.7. The number of hydrogen-bond donors (Lipinski definition) is 2. The van der Waals surface area contributed by atoms with Crippen molar-refractivity contribution in [3.8, 4) is 11.3 Å². The van der Waals surface area contributed by atoms with Crippen molar-refractivity contribution in [2.24, 2.45) is 0 Å². The molecular formula is C18H12N2O4S. The number of ketones is 1. The quantitative estimate of drug-likeness (QED) is 0.381. The summed E-state index contributed by atoms with van der Waals surface area (Å²) in [7, 11) is 0. The molecule has 1 aromatic heterocycles. The first-order valence-corrected chi connectivity index (χ1v) is 7.64. The average molecular weight is 352 g/mol. The maximum atomic E-state index is 11.8. The average Bonchev–Trinajstić information content (AvgIpc) is 3.06. The van der Waals surface area contributed by atoms with Crippen LogP contribution in [0.5, 0.6) is 0 Å². The summed E-state index contributed by atoms with van der Waals surface area (Å²) in [6.07, 6.45) is 2.57. The summed E-state index contributed by atoms with van der Waals surface area (Å²) in [5.41, 5.74) is 1.07. The molecule has 6 nitrogen and oxygen atoms in total. The molecule has 0 bridgehead atoms. The van der Waals surface area contributed by atoms with E-state index in [1.807, 2.05) is 0 Å². The lowest BCUT2D eigenvalue weighted by Gasteiger charge is -2.15. The maximum Gasteiger partial charge on any atom is 0.263 e. The van der Waals surface area contributed by atoms with Gasteiger partial charge in [-0.3, -0.25) is 25.0 Å². The van der Waals surface area contributed by atoms with Crippen LogP contribution in [-0.4, -0.2) is 22.7 Å². The number of benzene rings is 1. The molecule has 1 aromatic carbocycles. The number of carbonyl (C=O) groups is 3. The smallest absolute Gasteiger partial charge is 0.263 e. The Kier molecular flexibility index (Phi) is 4.40. The van der Waals surface area contributed by atoms with E-state index in [1.165, 1.54) is 12.2 Å². The number of carbonyl (C=O) groups excluding carboxylic acids is 3. The fourth-order valence-corrected chi connectivity index (χ4v) is 2.46. The molecule has 0 saturated carbocycles. The van der Waals surface area contributed by atoms with Gasteiger partial charge in [0, 0.05) is 11.1 Å². The van der Waals surface area contributed by atoms with Crippen LogP contribution in [0, 0.1) is 0 Å². The first kappa shape index (κ1) is 16.5. The van der Waals surface area contributed by atoms with Gasteiger partial charge < -0.3 is 4.42 Å². The third kappa shape index (κ3) is 3.46. The van der Waals surface area contributed by atoms with Gasteiger partial charge in [0.2, 0.25) is 0 Å². The van der Waals surface area contributed by atoms with Crippen LogP contribution in [0.2, 0.25) is 0 Å². The molecule has 3 rings (SSSR count). The molecule has 1 fully saturated rings. The predicted molar refractivity (Wildman–Crippen MR) is 95.5 cm³/mol. The van der Waals surface area contributed by atoms with E-state index in [0.29, 0.717) is 22.6 Å². The molecule has 0 radical (unpaired) electrons. The fraction of sp³-hybridized carbons (Fsp3) is 0. The summed E-state index contributed by atoms with van der Waals surface area (Å²) >= 11 is 4.74. The second-order valence-corrected chi connectivity index (χ2v) is 5.55. The normalized spacial score (nSPS) is 13.9. The Hall–Kier alpha value is -3.32. The summed E-state index contributed by atoms with van der Waals surface area (Å²) in [4.78, 5) is 35.4. The van der Waals surface area contributed by atoms with Crippen molar-refractivity contribution in [1.82, 2.24) is 10.6 Å². The predicted octanol–water partition coefficient (Wildman–Crippen LogP) is 2.23. The third-order valence-electron chi connectivity index (χ3n) is 3.47. The lowest BCUT2D eigenvalue weighted by atomic mass is 10.1. The maximum absolute atomic E-state index is 11.8. The Labute approximate surface area is 148 Å². The van der Waals surface area contributed by atoms with Gasteiger partial charge >= 0.3 is 0 Å². The van der Waals surface area contributed by atoms with Crippen LogP contribution >= 0.6 is 12.2 Å². The molecular weight excluding hydrogens is 340 g/mol. The summed E-state index contributed by atoms with van der Waals surface area (Å²) in [5, 5.41) is 4.67. The van der Waals surface area contributed by atoms with Crippen molar-refractivity contribution in [1.29, 1.82) is 0 Å². The van der Waals surface area contributed by atoms with E-state index in [9.17, 15) is 14.4 Å². The highest BCUT2D eigenvalue weighted by atomic mass is 32.1. The van der Waals surface area contributed by atoms with Gasteiger partial charge in [-0.25, -0.2) is 0 Å². The van der Waals surface area contributed by atoms with Crippen LogP contribution < -0.4 is 10.6 Å². The van der Waals surface area contributed by atoms with Gasteiger partial charge in [0.15, 0.2) is 10.9 Å². The Morgan fingerprint density at radius 3 is 2.52 bits per heavy atom. The van der Waals surface area contributed by atoms with E-state index < -0.39 is 11.8 Å². The van der Waals surface area contributed by atoms with E-state index >= 15 is 0 Å². The minimum atomic E-state index is -0.592. The van der Waals surface area contributed by atoms with Crippen molar-refractivity contribution < 1.29 is 18.8 Å². The molecule has 2 amide bonds. The largest absolute Gasteiger partial charge is 0.457 e. The van der Waals surface area contributed by atoms with Gasteiger partial charge in [-0.15, -0.1) is 0 Å². The van der Waals surface area contributed by atoms with Crippen molar-refractivity contribution >= 4 is 41.0 Å². The number of thiocarbonyl (C=S) groups is 1. The summed E-state index contributed by atoms with van der Waals surface area (Å²) < 4.78 is 5.66. The topological polar surface area (TPSA) is 88.4 Å². The van der Waals surface area contributed by atoms with Gasteiger partial charge in [-0.2, -0.15) is 0 Å². The zero-order valence-electron chi connectivity index (χ0n) is 12.9. The Balaban J connectivity index is 1.91. The van der Waals surface area contributed by atoms with Crippen LogP contribution in [0.25, 0.3) is 17.4 Å². The second kappa shape index (κ2) is 6.66. The molecule has 1 aliphatic rings. The van der Waals surface area contributed by atoms with Crippen molar-refractivity contribution in [3.63, 3.8) is 0 Å². The molecule has 2 N–H and O–H groups in total. The molecule has 2 heterocycles. The molecule has 0 unspecified atom stereocenters. The Morgan fingerprint density at radius 1 is 1.12 bits per heavy atom. The molecule has 124 valence electrons. The molecule has 25 heavy (non-hydrogen) atoms. The molecule has 7 heteroatoms. The van der Waals surface area contributed by atoms with E-state index in [1.54, 1.807) is 36.4 Å². The van der Waals surface area contributed by atoms with Crippen molar-refractivity contribution in [3.05, 3.63) is 65.9 Å². The second-order valence-electron chi connectivity index (χ2n) is 5.15. The lowest BCUT2D eigenvalue weighted by Crippen LogP contribution is -2.51. The molecule has 0 spiro atoms. The lowest BCUT2D eigenvalue weighted by molar-refractivity contribution is -0.123. The summed E-state index contributed by atoms with van der Waals surface area (Å²) in [6.45, 7) is 3.46. The number of rotatable bonds is 4. The van der Waals surface area contributed by atoms with Crippen LogP contribution in [0.15, 0.2) is 59.0 Å². The highest BCUT2D eigenvalue weighted by Crippen LogP contribution is 2.25. The van der Waals surface area contributed by atoms with Crippen molar-refractivity contribution in [2.45, 2.75) is 0 Å².